The van der Waals surface area contributed by atoms with Crippen LogP contribution in [-0.2, 0) is 6.42 Å². The van der Waals surface area contributed by atoms with Crippen molar-refractivity contribution in [1.82, 2.24) is 0 Å². The van der Waals surface area contributed by atoms with Crippen molar-refractivity contribution in [2.45, 2.75) is 25.7 Å². The summed E-state index contributed by atoms with van der Waals surface area (Å²) >= 11 is 3.74. The predicted octanol–water partition coefficient (Wildman–Crippen LogP) is 4.55. The summed E-state index contributed by atoms with van der Waals surface area (Å²) in [6, 6.07) is 8.74. The maximum atomic E-state index is 2.32. The van der Waals surface area contributed by atoms with Crippen LogP contribution in [0.25, 0.3) is 0 Å². The third-order valence-corrected chi connectivity index (χ3v) is 4.47. The molecular formula is C12H14S2. The van der Waals surface area contributed by atoms with Crippen molar-refractivity contribution in [2.24, 2.45) is 0 Å². The molecule has 0 aliphatic heterocycles. The third kappa shape index (κ3) is 2.46. The van der Waals surface area contributed by atoms with Crippen molar-refractivity contribution in [3.8, 4) is 0 Å². The Morgan fingerprint density at radius 1 is 1.14 bits per heavy atom. The zero-order chi connectivity index (χ0) is 9.80. The molecule has 0 radical (unpaired) electrons. The Bertz CT molecular complexity index is 346. The van der Waals surface area contributed by atoms with E-state index in [0.29, 0.717) is 5.92 Å². The SMILES string of the molecule is CC(CCc1cccs1)c1cccs1. The van der Waals surface area contributed by atoms with E-state index < -0.39 is 0 Å². The number of thiophene rings is 2. The van der Waals surface area contributed by atoms with E-state index in [1.54, 1.807) is 0 Å². The smallest absolute Gasteiger partial charge is 0.00735 e. The zero-order valence-corrected chi connectivity index (χ0v) is 9.91. The molecule has 1 atom stereocenters. The molecule has 2 aromatic rings. The fourth-order valence-electron chi connectivity index (χ4n) is 1.53. The van der Waals surface area contributed by atoms with Crippen molar-refractivity contribution in [2.75, 3.05) is 0 Å². The van der Waals surface area contributed by atoms with E-state index in [-0.39, 0.29) is 0 Å². The maximum Gasteiger partial charge on any atom is 0.00735 e. The molecule has 0 aliphatic carbocycles. The maximum absolute atomic E-state index is 2.32. The summed E-state index contributed by atoms with van der Waals surface area (Å²) in [4.78, 5) is 3.02. The van der Waals surface area contributed by atoms with Gasteiger partial charge in [0.25, 0.3) is 0 Å². The minimum Gasteiger partial charge on any atom is -0.149 e. The van der Waals surface area contributed by atoms with Crippen molar-refractivity contribution >= 4 is 22.7 Å². The second-order valence-electron chi connectivity index (χ2n) is 3.53. The van der Waals surface area contributed by atoms with Crippen molar-refractivity contribution < 1.29 is 0 Å². The molecule has 0 bridgehead atoms. The highest BCUT2D eigenvalue weighted by molar-refractivity contribution is 7.10. The average Bonchev–Trinajstić information content (AvgIpc) is 2.87. The van der Waals surface area contributed by atoms with Crippen LogP contribution in [0.3, 0.4) is 0 Å². The van der Waals surface area contributed by atoms with Crippen LogP contribution < -0.4 is 0 Å². The summed E-state index contributed by atoms with van der Waals surface area (Å²) in [5.74, 6) is 0.706. The first-order valence-electron chi connectivity index (χ1n) is 4.92. The van der Waals surface area contributed by atoms with Crippen molar-refractivity contribution in [3.63, 3.8) is 0 Å². The summed E-state index contributed by atoms with van der Waals surface area (Å²) in [6.45, 7) is 2.32. The Kier molecular flexibility index (Phi) is 3.38. The van der Waals surface area contributed by atoms with Crippen LogP contribution in [0.5, 0.6) is 0 Å². The lowest BCUT2D eigenvalue weighted by molar-refractivity contribution is 0.696. The van der Waals surface area contributed by atoms with Crippen LogP contribution in [0, 0.1) is 0 Å². The van der Waals surface area contributed by atoms with Crippen molar-refractivity contribution in [1.29, 1.82) is 0 Å². The normalized spacial score (nSPS) is 12.9. The summed E-state index contributed by atoms with van der Waals surface area (Å²) in [7, 11) is 0. The van der Waals surface area contributed by atoms with E-state index in [1.807, 2.05) is 22.7 Å². The van der Waals surface area contributed by atoms with E-state index in [9.17, 15) is 0 Å². The third-order valence-electron chi connectivity index (χ3n) is 2.43. The van der Waals surface area contributed by atoms with Gasteiger partial charge in [-0.15, -0.1) is 22.7 Å². The molecular weight excluding hydrogens is 208 g/mol. The Morgan fingerprint density at radius 2 is 1.93 bits per heavy atom. The van der Waals surface area contributed by atoms with Crippen LogP contribution in [0.4, 0.5) is 0 Å². The van der Waals surface area contributed by atoms with Gasteiger partial charge < -0.3 is 0 Å². The average molecular weight is 222 g/mol. The molecule has 0 aliphatic rings. The van der Waals surface area contributed by atoms with E-state index in [1.165, 1.54) is 22.6 Å². The standard InChI is InChI=1S/C12H14S2/c1-10(12-5-3-9-14-12)6-7-11-4-2-8-13-11/h2-5,8-10H,6-7H2,1H3. The predicted molar refractivity (Wildman–Crippen MR) is 65.4 cm³/mol. The molecule has 0 spiro atoms. The molecule has 14 heavy (non-hydrogen) atoms. The van der Waals surface area contributed by atoms with Gasteiger partial charge in [0.2, 0.25) is 0 Å². The molecule has 0 nitrogen and oxygen atoms in total. The van der Waals surface area contributed by atoms with Gasteiger partial charge in [0.15, 0.2) is 0 Å². The van der Waals surface area contributed by atoms with Crippen molar-refractivity contribution in [3.05, 3.63) is 44.8 Å². The van der Waals surface area contributed by atoms with Crippen LogP contribution in [0.15, 0.2) is 35.0 Å². The Hall–Kier alpha value is -0.600. The van der Waals surface area contributed by atoms with Crippen LogP contribution in [0.2, 0.25) is 0 Å². The molecule has 74 valence electrons. The largest absolute Gasteiger partial charge is 0.149 e. The Morgan fingerprint density at radius 3 is 2.57 bits per heavy atom. The molecule has 2 heterocycles. The topological polar surface area (TPSA) is 0 Å². The van der Waals surface area contributed by atoms with Gasteiger partial charge >= 0.3 is 0 Å². The molecule has 0 saturated heterocycles. The van der Waals surface area contributed by atoms with Gasteiger partial charge in [0, 0.05) is 9.75 Å². The first-order chi connectivity index (χ1) is 6.86. The van der Waals surface area contributed by atoms with Gasteiger partial charge in [-0.3, -0.25) is 0 Å². The molecule has 0 saturated carbocycles. The van der Waals surface area contributed by atoms with E-state index in [4.69, 9.17) is 0 Å². The molecule has 0 fully saturated rings. The fourth-order valence-corrected chi connectivity index (χ4v) is 3.07. The Balaban J connectivity index is 1.87. The second-order valence-corrected chi connectivity index (χ2v) is 5.55. The van der Waals surface area contributed by atoms with Gasteiger partial charge in [-0.25, -0.2) is 0 Å². The van der Waals surface area contributed by atoms with E-state index >= 15 is 0 Å². The summed E-state index contributed by atoms with van der Waals surface area (Å²) < 4.78 is 0. The zero-order valence-electron chi connectivity index (χ0n) is 8.27. The van der Waals surface area contributed by atoms with Gasteiger partial charge in [-0.05, 0) is 41.7 Å². The minimum absolute atomic E-state index is 0.706. The lowest BCUT2D eigenvalue weighted by Gasteiger charge is -2.07. The van der Waals surface area contributed by atoms with E-state index in [0.717, 1.165) is 0 Å². The monoisotopic (exact) mass is 222 g/mol. The molecule has 2 aromatic heterocycles. The van der Waals surface area contributed by atoms with Crippen LogP contribution >= 0.6 is 22.7 Å². The molecule has 2 heteroatoms. The van der Waals surface area contributed by atoms with Crippen LogP contribution in [-0.4, -0.2) is 0 Å². The van der Waals surface area contributed by atoms with Gasteiger partial charge in [0.05, 0.1) is 0 Å². The molecule has 0 N–H and O–H groups in total. The molecule has 0 amide bonds. The quantitative estimate of drug-likeness (QED) is 0.712. The highest BCUT2D eigenvalue weighted by atomic mass is 32.1. The molecule has 2 rings (SSSR count). The first kappa shape index (κ1) is 9.94. The summed E-state index contributed by atoms with van der Waals surface area (Å²) in [6.07, 6.45) is 2.48. The van der Waals surface area contributed by atoms with Gasteiger partial charge in [-0.1, -0.05) is 19.1 Å². The fraction of sp³-hybridized carbons (Fsp3) is 0.333. The number of hydrogen-bond acceptors (Lipinski definition) is 2. The first-order valence-corrected chi connectivity index (χ1v) is 6.68. The number of rotatable bonds is 4. The highest BCUT2D eigenvalue weighted by Crippen LogP contribution is 2.25. The van der Waals surface area contributed by atoms with E-state index in [2.05, 4.69) is 41.9 Å². The Labute approximate surface area is 93.2 Å². The van der Waals surface area contributed by atoms with Gasteiger partial charge in [-0.2, -0.15) is 0 Å². The van der Waals surface area contributed by atoms with Gasteiger partial charge in [0.1, 0.15) is 0 Å². The lowest BCUT2D eigenvalue weighted by atomic mass is 10.0. The summed E-state index contributed by atoms with van der Waals surface area (Å²) in [5.41, 5.74) is 0. The number of hydrogen-bond donors (Lipinski definition) is 0. The van der Waals surface area contributed by atoms with Crippen LogP contribution in [0.1, 0.15) is 29.0 Å². The second kappa shape index (κ2) is 4.76. The highest BCUT2D eigenvalue weighted by Gasteiger charge is 2.06. The summed E-state index contributed by atoms with van der Waals surface area (Å²) in [5, 5.41) is 4.32. The molecule has 1 unspecified atom stereocenters. The minimum atomic E-state index is 0.706. The molecule has 0 aromatic carbocycles. The number of aryl methyl sites for hydroxylation is 1. The lowest BCUT2D eigenvalue weighted by Crippen LogP contribution is -1.92.